The molecule has 1 unspecified atom stereocenters. The maximum Gasteiger partial charge on any atom is 0.221 e. The molecule has 2 N–H and O–H groups in total. The van der Waals surface area contributed by atoms with E-state index in [1.165, 1.54) is 0 Å². The Balaban J connectivity index is 2.21. The van der Waals surface area contributed by atoms with Crippen LogP contribution in [-0.4, -0.2) is 40.3 Å². The first-order valence-corrected chi connectivity index (χ1v) is 7.48. The summed E-state index contributed by atoms with van der Waals surface area (Å²) < 4.78 is 11.1. The maximum atomic E-state index is 11.7. The standard InChI is InChI=1S/C11H22N2O2S/c1-3-12-9(2)8-11(14)13-10-4-6-16(15)7-5-10/h9-10,12H,3-8H2,1-2H3,(H,13,14). The molecule has 1 heterocycles. The zero-order valence-corrected chi connectivity index (χ0v) is 10.9. The van der Waals surface area contributed by atoms with Crippen molar-refractivity contribution >= 4 is 16.7 Å². The van der Waals surface area contributed by atoms with Crippen LogP contribution >= 0.6 is 0 Å². The van der Waals surface area contributed by atoms with Crippen LogP contribution in [0.2, 0.25) is 0 Å². The Kier molecular flexibility index (Phi) is 5.98. The predicted octanol–water partition coefficient (Wildman–Crippen LogP) is 0.402. The smallest absolute Gasteiger partial charge is 0.221 e. The van der Waals surface area contributed by atoms with Crippen LogP contribution in [0.1, 0.15) is 33.1 Å². The fourth-order valence-electron chi connectivity index (χ4n) is 1.92. The van der Waals surface area contributed by atoms with Gasteiger partial charge in [0, 0.05) is 40.8 Å². The van der Waals surface area contributed by atoms with Crippen LogP contribution in [0.15, 0.2) is 0 Å². The molecule has 1 aliphatic rings. The largest absolute Gasteiger partial charge is 0.353 e. The Morgan fingerprint density at radius 3 is 2.62 bits per heavy atom. The molecule has 0 saturated carbocycles. The van der Waals surface area contributed by atoms with E-state index in [0.29, 0.717) is 6.42 Å². The van der Waals surface area contributed by atoms with Gasteiger partial charge in [0.1, 0.15) is 0 Å². The molecule has 4 nitrogen and oxygen atoms in total. The molecule has 1 atom stereocenters. The SMILES string of the molecule is CCNC(C)CC(=O)NC1CCS(=O)CC1. The Labute approximate surface area is 100 Å². The van der Waals surface area contributed by atoms with Gasteiger partial charge in [0.2, 0.25) is 5.91 Å². The third-order valence-corrected chi connectivity index (χ3v) is 4.18. The van der Waals surface area contributed by atoms with E-state index < -0.39 is 10.8 Å². The molecule has 1 saturated heterocycles. The van der Waals surface area contributed by atoms with Crippen LogP contribution in [0.5, 0.6) is 0 Å². The Hall–Kier alpha value is -0.420. The van der Waals surface area contributed by atoms with E-state index in [1.807, 2.05) is 13.8 Å². The Morgan fingerprint density at radius 2 is 2.06 bits per heavy atom. The summed E-state index contributed by atoms with van der Waals surface area (Å²) in [4.78, 5) is 11.7. The van der Waals surface area contributed by atoms with Gasteiger partial charge in [-0.3, -0.25) is 9.00 Å². The van der Waals surface area contributed by atoms with Gasteiger partial charge < -0.3 is 10.6 Å². The molecular formula is C11H22N2O2S. The van der Waals surface area contributed by atoms with Crippen molar-refractivity contribution in [3.63, 3.8) is 0 Å². The van der Waals surface area contributed by atoms with Gasteiger partial charge in [0.25, 0.3) is 0 Å². The molecule has 1 aliphatic heterocycles. The molecule has 1 amide bonds. The third-order valence-electron chi connectivity index (χ3n) is 2.80. The number of hydrogen-bond donors (Lipinski definition) is 2. The summed E-state index contributed by atoms with van der Waals surface area (Å²) in [5.41, 5.74) is 0. The van der Waals surface area contributed by atoms with E-state index in [2.05, 4.69) is 10.6 Å². The van der Waals surface area contributed by atoms with Crippen molar-refractivity contribution in [1.82, 2.24) is 10.6 Å². The quantitative estimate of drug-likeness (QED) is 0.738. The van der Waals surface area contributed by atoms with Crippen LogP contribution in [0.4, 0.5) is 0 Å². The average Bonchev–Trinajstić information content (AvgIpc) is 2.21. The minimum atomic E-state index is -0.653. The molecule has 0 spiro atoms. The molecule has 0 bridgehead atoms. The lowest BCUT2D eigenvalue weighted by atomic mass is 10.1. The monoisotopic (exact) mass is 246 g/mol. The maximum absolute atomic E-state index is 11.7. The van der Waals surface area contributed by atoms with E-state index in [9.17, 15) is 9.00 Å². The van der Waals surface area contributed by atoms with Crippen molar-refractivity contribution in [3.05, 3.63) is 0 Å². The number of hydrogen-bond acceptors (Lipinski definition) is 3. The molecule has 94 valence electrons. The number of rotatable bonds is 5. The third kappa shape index (κ3) is 5.07. The summed E-state index contributed by atoms with van der Waals surface area (Å²) in [5, 5.41) is 6.23. The van der Waals surface area contributed by atoms with Crippen LogP contribution in [0.25, 0.3) is 0 Å². The molecule has 0 aromatic rings. The first-order chi connectivity index (χ1) is 7.61. The lowest BCUT2D eigenvalue weighted by Gasteiger charge is -2.23. The minimum Gasteiger partial charge on any atom is -0.353 e. The zero-order chi connectivity index (χ0) is 12.0. The van der Waals surface area contributed by atoms with Crippen LogP contribution in [0.3, 0.4) is 0 Å². The molecule has 1 rings (SSSR count). The van der Waals surface area contributed by atoms with Crippen LogP contribution < -0.4 is 10.6 Å². The molecule has 0 aliphatic carbocycles. The number of amides is 1. The van der Waals surface area contributed by atoms with Gasteiger partial charge in [-0.05, 0) is 26.3 Å². The first-order valence-electron chi connectivity index (χ1n) is 5.99. The van der Waals surface area contributed by atoms with E-state index >= 15 is 0 Å². The highest BCUT2D eigenvalue weighted by molar-refractivity contribution is 7.85. The van der Waals surface area contributed by atoms with E-state index in [0.717, 1.165) is 30.9 Å². The Bertz CT molecular complexity index is 248. The summed E-state index contributed by atoms with van der Waals surface area (Å²) in [5.74, 6) is 1.56. The van der Waals surface area contributed by atoms with Crippen molar-refractivity contribution in [2.75, 3.05) is 18.1 Å². The van der Waals surface area contributed by atoms with Crippen LogP contribution in [0, 0.1) is 0 Å². The molecule has 5 heteroatoms. The van der Waals surface area contributed by atoms with Crippen LogP contribution in [-0.2, 0) is 15.6 Å². The number of carbonyl (C=O) groups is 1. The molecule has 0 aromatic carbocycles. The Morgan fingerprint density at radius 1 is 1.44 bits per heavy atom. The second-order valence-corrected chi connectivity index (χ2v) is 6.05. The van der Waals surface area contributed by atoms with Crippen molar-refractivity contribution in [2.45, 2.75) is 45.2 Å². The molecule has 16 heavy (non-hydrogen) atoms. The highest BCUT2D eigenvalue weighted by Gasteiger charge is 2.19. The first kappa shape index (κ1) is 13.6. The van der Waals surface area contributed by atoms with Crippen molar-refractivity contribution in [2.24, 2.45) is 0 Å². The molecule has 0 radical (unpaired) electrons. The molecule has 1 fully saturated rings. The normalized spacial score (nSPS) is 27.4. The lowest BCUT2D eigenvalue weighted by molar-refractivity contribution is -0.122. The van der Waals surface area contributed by atoms with Gasteiger partial charge in [-0.1, -0.05) is 6.92 Å². The van der Waals surface area contributed by atoms with Gasteiger partial charge >= 0.3 is 0 Å². The highest BCUT2D eigenvalue weighted by Crippen LogP contribution is 2.09. The second kappa shape index (κ2) is 7.01. The van der Waals surface area contributed by atoms with Crippen molar-refractivity contribution in [3.8, 4) is 0 Å². The summed E-state index contributed by atoms with van der Waals surface area (Å²) in [6, 6.07) is 0.460. The molecular weight excluding hydrogens is 224 g/mol. The van der Waals surface area contributed by atoms with E-state index in [4.69, 9.17) is 0 Å². The fraction of sp³-hybridized carbons (Fsp3) is 0.909. The average molecular weight is 246 g/mol. The fourth-order valence-corrected chi connectivity index (χ4v) is 3.22. The summed E-state index contributed by atoms with van der Waals surface area (Å²) >= 11 is 0. The van der Waals surface area contributed by atoms with E-state index in [1.54, 1.807) is 0 Å². The lowest BCUT2D eigenvalue weighted by Crippen LogP contribution is -2.42. The number of nitrogens with one attached hydrogen (secondary N) is 2. The summed E-state index contributed by atoms with van der Waals surface area (Å²) in [6.07, 6.45) is 2.23. The van der Waals surface area contributed by atoms with Gasteiger partial charge in [-0.2, -0.15) is 0 Å². The number of carbonyl (C=O) groups excluding carboxylic acids is 1. The van der Waals surface area contributed by atoms with E-state index in [-0.39, 0.29) is 18.0 Å². The summed E-state index contributed by atoms with van der Waals surface area (Å²) in [6.45, 7) is 4.93. The van der Waals surface area contributed by atoms with Gasteiger partial charge in [0.15, 0.2) is 0 Å². The zero-order valence-electron chi connectivity index (χ0n) is 10.1. The van der Waals surface area contributed by atoms with Gasteiger partial charge in [-0.25, -0.2) is 0 Å². The molecule has 0 aromatic heterocycles. The van der Waals surface area contributed by atoms with Crippen molar-refractivity contribution in [1.29, 1.82) is 0 Å². The highest BCUT2D eigenvalue weighted by atomic mass is 32.2. The second-order valence-electron chi connectivity index (χ2n) is 4.35. The van der Waals surface area contributed by atoms with Gasteiger partial charge in [-0.15, -0.1) is 0 Å². The summed E-state index contributed by atoms with van der Waals surface area (Å²) in [7, 11) is -0.653. The van der Waals surface area contributed by atoms with Crippen molar-refractivity contribution < 1.29 is 9.00 Å². The minimum absolute atomic E-state index is 0.103. The van der Waals surface area contributed by atoms with Gasteiger partial charge in [0.05, 0.1) is 0 Å². The topological polar surface area (TPSA) is 58.2 Å². The predicted molar refractivity (Wildman–Crippen MR) is 66.8 cm³/mol.